The molecule has 4 rings (SSSR count). The number of nitrogens with zero attached hydrogens (tertiary/aromatic N) is 4. The lowest BCUT2D eigenvalue weighted by Crippen LogP contribution is -2.50. The van der Waals surface area contributed by atoms with Crippen molar-refractivity contribution in [2.75, 3.05) is 50.6 Å². The first-order valence-electron chi connectivity index (χ1n) is 9.52. The zero-order valence-corrected chi connectivity index (χ0v) is 18.3. The fraction of sp³-hybridized carbons (Fsp3) is 0.286. The number of aromatic nitrogens is 2. The minimum absolute atomic E-state index is 0.105. The number of methoxy groups -OCH3 is 2. The van der Waals surface area contributed by atoms with Gasteiger partial charge in [-0.3, -0.25) is 0 Å². The van der Waals surface area contributed by atoms with Crippen molar-refractivity contribution in [3.63, 3.8) is 0 Å². The summed E-state index contributed by atoms with van der Waals surface area (Å²) in [5.74, 6) is 2.09. The SMILES string of the molecule is COc1cc2ncnc(N3CCN(C(=O)Nc4cccc(Br)c4)CC3)c2cc1OC. The van der Waals surface area contributed by atoms with Crippen molar-refractivity contribution in [3.05, 3.63) is 47.2 Å². The third kappa shape index (κ3) is 4.11. The zero-order valence-electron chi connectivity index (χ0n) is 16.8. The number of ether oxygens (including phenoxy) is 2. The van der Waals surface area contributed by atoms with Crippen LogP contribution < -0.4 is 19.7 Å². The quantitative estimate of drug-likeness (QED) is 0.623. The number of carbonyl (C=O) groups excluding carboxylic acids is 1. The summed E-state index contributed by atoms with van der Waals surface area (Å²) in [6.45, 7) is 2.54. The third-order valence-corrected chi connectivity index (χ3v) is 5.56. The van der Waals surface area contributed by atoms with Gasteiger partial charge in [-0.2, -0.15) is 0 Å². The van der Waals surface area contributed by atoms with Crippen LogP contribution in [0.4, 0.5) is 16.3 Å². The van der Waals surface area contributed by atoms with Crippen molar-refractivity contribution >= 4 is 44.4 Å². The molecule has 8 nitrogen and oxygen atoms in total. The molecule has 0 atom stereocenters. The number of hydrogen-bond acceptors (Lipinski definition) is 6. The summed E-state index contributed by atoms with van der Waals surface area (Å²) in [6.07, 6.45) is 1.55. The third-order valence-electron chi connectivity index (χ3n) is 5.06. The van der Waals surface area contributed by atoms with Gasteiger partial charge in [0.2, 0.25) is 0 Å². The van der Waals surface area contributed by atoms with E-state index in [1.165, 1.54) is 0 Å². The number of benzene rings is 2. The lowest BCUT2D eigenvalue weighted by atomic mass is 10.2. The molecule has 2 amide bonds. The molecule has 2 heterocycles. The highest BCUT2D eigenvalue weighted by Gasteiger charge is 2.24. The molecule has 3 aromatic rings. The standard InChI is InChI=1S/C21H22BrN5O3/c1-29-18-11-16-17(12-19(18)30-2)23-13-24-20(16)26-6-8-27(9-7-26)21(28)25-15-5-3-4-14(22)10-15/h3-5,10-13H,6-9H2,1-2H3,(H,25,28). The molecule has 0 spiro atoms. The molecular weight excluding hydrogens is 450 g/mol. The predicted molar refractivity (Wildman–Crippen MR) is 120 cm³/mol. The smallest absolute Gasteiger partial charge is 0.321 e. The Morgan fingerprint density at radius 3 is 2.47 bits per heavy atom. The number of rotatable bonds is 4. The first-order chi connectivity index (χ1) is 14.6. The maximum absolute atomic E-state index is 12.6. The fourth-order valence-corrected chi connectivity index (χ4v) is 3.91. The molecule has 2 aromatic carbocycles. The van der Waals surface area contributed by atoms with Crippen molar-refractivity contribution in [2.45, 2.75) is 0 Å². The number of piperazine rings is 1. The van der Waals surface area contributed by atoms with E-state index in [4.69, 9.17) is 9.47 Å². The van der Waals surface area contributed by atoms with Gasteiger partial charge in [-0.15, -0.1) is 0 Å². The van der Waals surface area contributed by atoms with Gasteiger partial charge in [0, 0.05) is 47.8 Å². The molecule has 156 valence electrons. The normalized spacial score (nSPS) is 14.0. The van der Waals surface area contributed by atoms with Crippen molar-refractivity contribution in [1.82, 2.24) is 14.9 Å². The second kappa shape index (κ2) is 8.74. The van der Waals surface area contributed by atoms with Gasteiger partial charge >= 0.3 is 6.03 Å². The molecule has 1 N–H and O–H groups in total. The summed E-state index contributed by atoms with van der Waals surface area (Å²) in [7, 11) is 3.21. The Morgan fingerprint density at radius 2 is 1.77 bits per heavy atom. The van der Waals surface area contributed by atoms with Gasteiger partial charge in [-0.1, -0.05) is 22.0 Å². The second-order valence-corrected chi connectivity index (χ2v) is 7.75. The predicted octanol–water partition coefficient (Wildman–Crippen LogP) is 3.76. The summed E-state index contributed by atoms with van der Waals surface area (Å²) in [6, 6.07) is 11.2. The summed E-state index contributed by atoms with van der Waals surface area (Å²) in [5.41, 5.74) is 1.55. The molecule has 0 saturated carbocycles. The van der Waals surface area contributed by atoms with Crippen LogP contribution in [0.2, 0.25) is 0 Å². The van der Waals surface area contributed by atoms with Gasteiger partial charge in [-0.05, 0) is 24.3 Å². The van der Waals surface area contributed by atoms with Gasteiger partial charge < -0.3 is 24.6 Å². The van der Waals surface area contributed by atoms with Crippen LogP contribution in [0.1, 0.15) is 0 Å². The van der Waals surface area contributed by atoms with E-state index in [0.717, 1.165) is 26.9 Å². The Hall–Kier alpha value is -3.07. The summed E-state index contributed by atoms with van der Waals surface area (Å²) < 4.78 is 11.7. The van der Waals surface area contributed by atoms with E-state index >= 15 is 0 Å². The Kier molecular flexibility index (Phi) is 5.89. The zero-order chi connectivity index (χ0) is 21.1. The van der Waals surface area contributed by atoms with E-state index in [1.54, 1.807) is 20.5 Å². The van der Waals surface area contributed by atoms with Gasteiger partial charge in [0.1, 0.15) is 12.1 Å². The Labute approximate surface area is 182 Å². The number of urea groups is 1. The molecule has 30 heavy (non-hydrogen) atoms. The van der Waals surface area contributed by atoms with Gasteiger partial charge in [-0.25, -0.2) is 14.8 Å². The number of nitrogens with one attached hydrogen (secondary N) is 1. The molecule has 1 aliphatic rings. The number of amides is 2. The Bertz CT molecular complexity index is 1070. The summed E-state index contributed by atoms with van der Waals surface area (Å²) in [4.78, 5) is 25.5. The Morgan fingerprint density at radius 1 is 1.03 bits per heavy atom. The van der Waals surface area contributed by atoms with Crippen LogP contribution in [0.15, 0.2) is 47.2 Å². The minimum Gasteiger partial charge on any atom is -0.493 e. The largest absolute Gasteiger partial charge is 0.493 e. The first kappa shape index (κ1) is 20.2. The molecule has 0 aliphatic carbocycles. The van der Waals surface area contributed by atoms with Crippen LogP contribution in [0.25, 0.3) is 10.9 Å². The van der Waals surface area contributed by atoms with Gasteiger partial charge in [0.15, 0.2) is 11.5 Å². The van der Waals surface area contributed by atoms with E-state index in [1.807, 2.05) is 41.3 Å². The van der Waals surface area contributed by atoms with Crippen LogP contribution in [0.5, 0.6) is 11.5 Å². The van der Waals surface area contributed by atoms with E-state index in [-0.39, 0.29) is 6.03 Å². The van der Waals surface area contributed by atoms with Crippen LogP contribution in [-0.4, -0.2) is 61.3 Å². The molecule has 1 aliphatic heterocycles. The maximum atomic E-state index is 12.6. The number of fused-ring (bicyclic) bond motifs is 1. The Balaban J connectivity index is 1.48. The van der Waals surface area contributed by atoms with E-state index < -0.39 is 0 Å². The highest BCUT2D eigenvalue weighted by Crippen LogP contribution is 2.34. The van der Waals surface area contributed by atoms with Crippen LogP contribution in [-0.2, 0) is 0 Å². The molecule has 0 bridgehead atoms. The molecule has 1 aromatic heterocycles. The topological polar surface area (TPSA) is 79.8 Å². The van der Waals surface area contributed by atoms with Crippen LogP contribution in [0, 0.1) is 0 Å². The van der Waals surface area contributed by atoms with Crippen molar-refractivity contribution in [2.24, 2.45) is 0 Å². The van der Waals surface area contributed by atoms with Crippen LogP contribution >= 0.6 is 15.9 Å². The van der Waals surface area contributed by atoms with E-state index in [0.29, 0.717) is 37.7 Å². The molecule has 9 heteroatoms. The summed E-state index contributed by atoms with van der Waals surface area (Å²) >= 11 is 3.42. The number of halogens is 1. The molecule has 1 saturated heterocycles. The lowest BCUT2D eigenvalue weighted by molar-refractivity contribution is 0.208. The number of carbonyl (C=O) groups is 1. The monoisotopic (exact) mass is 471 g/mol. The lowest BCUT2D eigenvalue weighted by Gasteiger charge is -2.35. The van der Waals surface area contributed by atoms with E-state index in [2.05, 4.69) is 36.1 Å². The van der Waals surface area contributed by atoms with Crippen molar-refractivity contribution in [1.29, 1.82) is 0 Å². The van der Waals surface area contributed by atoms with Crippen molar-refractivity contribution in [3.8, 4) is 11.5 Å². The summed E-state index contributed by atoms with van der Waals surface area (Å²) in [5, 5.41) is 3.84. The number of anilines is 2. The molecule has 0 unspecified atom stereocenters. The highest BCUT2D eigenvalue weighted by atomic mass is 79.9. The van der Waals surface area contributed by atoms with Gasteiger partial charge in [0.25, 0.3) is 0 Å². The van der Waals surface area contributed by atoms with Crippen LogP contribution in [0.3, 0.4) is 0 Å². The number of hydrogen-bond donors (Lipinski definition) is 1. The fourth-order valence-electron chi connectivity index (χ4n) is 3.51. The highest BCUT2D eigenvalue weighted by molar-refractivity contribution is 9.10. The molecule has 1 fully saturated rings. The van der Waals surface area contributed by atoms with E-state index in [9.17, 15) is 4.79 Å². The average molecular weight is 472 g/mol. The second-order valence-electron chi connectivity index (χ2n) is 6.84. The van der Waals surface area contributed by atoms with Gasteiger partial charge in [0.05, 0.1) is 19.7 Å². The minimum atomic E-state index is -0.105. The molecular formula is C21H22BrN5O3. The van der Waals surface area contributed by atoms with Crippen molar-refractivity contribution < 1.29 is 14.3 Å². The molecule has 0 radical (unpaired) electrons. The maximum Gasteiger partial charge on any atom is 0.321 e. The average Bonchev–Trinajstić information content (AvgIpc) is 2.77. The first-order valence-corrected chi connectivity index (χ1v) is 10.3.